The SMILES string of the molecule is BrCCC#Cc1cccc2c1CCNC2. The Hall–Kier alpha value is -0.780. The second-order valence-corrected chi connectivity index (χ2v) is 4.40. The molecule has 1 heterocycles. The Bertz CT molecular complexity index is 401. The molecule has 0 amide bonds. The van der Waals surface area contributed by atoms with Gasteiger partial charge in [0, 0.05) is 23.9 Å². The lowest BCUT2D eigenvalue weighted by atomic mass is 9.96. The Kier molecular flexibility index (Phi) is 3.82. The largest absolute Gasteiger partial charge is 0.312 e. The molecule has 0 aliphatic carbocycles. The Labute approximate surface area is 99.4 Å². The van der Waals surface area contributed by atoms with Crippen molar-refractivity contribution in [2.45, 2.75) is 19.4 Å². The summed E-state index contributed by atoms with van der Waals surface area (Å²) in [6, 6.07) is 6.42. The van der Waals surface area contributed by atoms with Crippen molar-refractivity contribution >= 4 is 15.9 Å². The number of rotatable bonds is 1. The summed E-state index contributed by atoms with van der Waals surface area (Å²) >= 11 is 3.39. The van der Waals surface area contributed by atoms with Gasteiger partial charge in [0.2, 0.25) is 0 Å². The molecule has 0 saturated carbocycles. The molecular formula is C13H14BrN. The van der Waals surface area contributed by atoms with E-state index in [2.05, 4.69) is 51.3 Å². The van der Waals surface area contributed by atoms with Gasteiger partial charge in [-0.1, -0.05) is 39.9 Å². The normalized spacial score (nSPS) is 13.9. The van der Waals surface area contributed by atoms with Crippen LogP contribution in [0.1, 0.15) is 23.1 Å². The molecule has 2 rings (SSSR count). The average Bonchev–Trinajstić information content (AvgIpc) is 2.30. The van der Waals surface area contributed by atoms with Crippen LogP contribution in [-0.4, -0.2) is 11.9 Å². The Morgan fingerprint density at radius 1 is 1.40 bits per heavy atom. The van der Waals surface area contributed by atoms with Crippen molar-refractivity contribution in [1.29, 1.82) is 0 Å². The molecule has 0 unspecified atom stereocenters. The zero-order valence-corrected chi connectivity index (χ0v) is 10.2. The summed E-state index contributed by atoms with van der Waals surface area (Å²) in [4.78, 5) is 0. The third-order valence-electron chi connectivity index (χ3n) is 2.58. The van der Waals surface area contributed by atoms with Gasteiger partial charge in [0.25, 0.3) is 0 Å². The summed E-state index contributed by atoms with van der Waals surface area (Å²) < 4.78 is 0. The van der Waals surface area contributed by atoms with E-state index in [9.17, 15) is 0 Å². The molecule has 0 spiro atoms. The van der Waals surface area contributed by atoms with E-state index in [4.69, 9.17) is 0 Å². The summed E-state index contributed by atoms with van der Waals surface area (Å²) in [6.45, 7) is 2.06. The second-order valence-electron chi connectivity index (χ2n) is 3.61. The fourth-order valence-electron chi connectivity index (χ4n) is 1.85. The Morgan fingerprint density at radius 2 is 2.33 bits per heavy atom. The Morgan fingerprint density at radius 3 is 3.20 bits per heavy atom. The van der Waals surface area contributed by atoms with E-state index in [0.29, 0.717) is 0 Å². The van der Waals surface area contributed by atoms with Crippen LogP contribution in [0.2, 0.25) is 0 Å². The minimum atomic E-state index is 0.919. The molecule has 1 aromatic carbocycles. The number of nitrogens with one attached hydrogen (secondary N) is 1. The van der Waals surface area contributed by atoms with Crippen molar-refractivity contribution in [2.75, 3.05) is 11.9 Å². The molecule has 1 aliphatic heterocycles. The van der Waals surface area contributed by atoms with Gasteiger partial charge < -0.3 is 5.32 Å². The summed E-state index contributed by atoms with van der Waals surface area (Å²) in [5.41, 5.74) is 4.07. The molecule has 2 heteroatoms. The van der Waals surface area contributed by atoms with Crippen LogP contribution >= 0.6 is 15.9 Å². The van der Waals surface area contributed by atoms with Crippen LogP contribution in [-0.2, 0) is 13.0 Å². The van der Waals surface area contributed by atoms with Gasteiger partial charge in [-0.05, 0) is 30.2 Å². The summed E-state index contributed by atoms with van der Waals surface area (Å²) in [5.74, 6) is 6.45. The van der Waals surface area contributed by atoms with Gasteiger partial charge in [-0.15, -0.1) is 0 Å². The van der Waals surface area contributed by atoms with Crippen LogP contribution < -0.4 is 5.32 Å². The van der Waals surface area contributed by atoms with Crippen LogP contribution in [0.25, 0.3) is 0 Å². The fraction of sp³-hybridized carbons (Fsp3) is 0.385. The quantitative estimate of drug-likeness (QED) is 0.607. The van der Waals surface area contributed by atoms with E-state index in [1.54, 1.807) is 0 Å². The van der Waals surface area contributed by atoms with Gasteiger partial charge in [-0.2, -0.15) is 0 Å². The van der Waals surface area contributed by atoms with Crippen molar-refractivity contribution < 1.29 is 0 Å². The van der Waals surface area contributed by atoms with Gasteiger partial charge in [0.1, 0.15) is 0 Å². The zero-order valence-electron chi connectivity index (χ0n) is 8.65. The minimum absolute atomic E-state index is 0.919. The molecule has 0 saturated heterocycles. The van der Waals surface area contributed by atoms with Gasteiger partial charge in [-0.25, -0.2) is 0 Å². The summed E-state index contributed by atoms with van der Waals surface area (Å²) in [7, 11) is 0. The molecule has 1 nitrogen and oxygen atoms in total. The van der Waals surface area contributed by atoms with E-state index >= 15 is 0 Å². The van der Waals surface area contributed by atoms with Crippen LogP contribution in [0.3, 0.4) is 0 Å². The first-order chi connectivity index (χ1) is 7.42. The predicted molar refractivity (Wildman–Crippen MR) is 67.1 cm³/mol. The smallest absolute Gasteiger partial charge is 0.0280 e. The maximum atomic E-state index is 3.39. The Balaban J connectivity index is 2.28. The minimum Gasteiger partial charge on any atom is -0.312 e. The molecule has 1 N–H and O–H groups in total. The zero-order chi connectivity index (χ0) is 10.5. The first kappa shape index (κ1) is 10.7. The number of fused-ring (bicyclic) bond motifs is 1. The van der Waals surface area contributed by atoms with Crippen molar-refractivity contribution in [2.24, 2.45) is 0 Å². The van der Waals surface area contributed by atoms with E-state index in [0.717, 1.165) is 31.3 Å². The van der Waals surface area contributed by atoms with E-state index < -0.39 is 0 Å². The topological polar surface area (TPSA) is 12.0 Å². The molecular weight excluding hydrogens is 250 g/mol. The number of alkyl halides is 1. The van der Waals surface area contributed by atoms with Crippen molar-refractivity contribution in [1.82, 2.24) is 5.32 Å². The highest BCUT2D eigenvalue weighted by Crippen LogP contribution is 2.17. The van der Waals surface area contributed by atoms with E-state index in [1.807, 2.05) is 0 Å². The molecule has 78 valence electrons. The first-order valence-electron chi connectivity index (χ1n) is 5.28. The highest BCUT2D eigenvalue weighted by atomic mass is 79.9. The average molecular weight is 264 g/mol. The number of hydrogen-bond donors (Lipinski definition) is 1. The van der Waals surface area contributed by atoms with Gasteiger partial charge >= 0.3 is 0 Å². The second kappa shape index (κ2) is 5.34. The van der Waals surface area contributed by atoms with Crippen LogP contribution in [0.4, 0.5) is 0 Å². The number of hydrogen-bond acceptors (Lipinski definition) is 1. The van der Waals surface area contributed by atoms with Gasteiger partial charge in [-0.3, -0.25) is 0 Å². The van der Waals surface area contributed by atoms with E-state index in [-0.39, 0.29) is 0 Å². The van der Waals surface area contributed by atoms with Crippen molar-refractivity contribution in [3.63, 3.8) is 0 Å². The number of benzene rings is 1. The molecule has 0 bridgehead atoms. The highest BCUT2D eigenvalue weighted by Gasteiger charge is 2.10. The van der Waals surface area contributed by atoms with Crippen molar-refractivity contribution in [3.8, 4) is 11.8 Å². The lowest BCUT2D eigenvalue weighted by Crippen LogP contribution is -2.24. The predicted octanol–water partition coefficient (Wildman–Crippen LogP) is 2.47. The molecule has 0 aromatic heterocycles. The molecule has 0 atom stereocenters. The lowest BCUT2D eigenvalue weighted by molar-refractivity contribution is 0.643. The lowest BCUT2D eigenvalue weighted by Gasteiger charge is -2.18. The van der Waals surface area contributed by atoms with Crippen LogP contribution in [0.15, 0.2) is 18.2 Å². The number of halogens is 1. The molecule has 15 heavy (non-hydrogen) atoms. The first-order valence-corrected chi connectivity index (χ1v) is 6.40. The highest BCUT2D eigenvalue weighted by molar-refractivity contribution is 9.09. The molecule has 0 fully saturated rings. The van der Waals surface area contributed by atoms with E-state index in [1.165, 1.54) is 16.7 Å². The van der Waals surface area contributed by atoms with Crippen molar-refractivity contribution in [3.05, 3.63) is 34.9 Å². The van der Waals surface area contributed by atoms with Crippen LogP contribution in [0.5, 0.6) is 0 Å². The molecule has 1 aliphatic rings. The third-order valence-corrected chi connectivity index (χ3v) is 2.98. The maximum absolute atomic E-state index is 3.39. The summed E-state index contributed by atoms with van der Waals surface area (Å²) in [5, 5.41) is 4.33. The fourth-order valence-corrected chi connectivity index (χ4v) is 2.05. The molecule has 0 radical (unpaired) electrons. The maximum Gasteiger partial charge on any atom is 0.0280 e. The van der Waals surface area contributed by atoms with Gasteiger partial charge in [0.05, 0.1) is 0 Å². The van der Waals surface area contributed by atoms with Gasteiger partial charge in [0.15, 0.2) is 0 Å². The van der Waals surface area contributed by atoms with Crippen LogP contribution in [0, 0.1) is 11.8 Å². The summed E-state index contributed by atoms with van der Waals surface area (Å²) in [6.07, 6.45) is 2.02. The standard InChI is InChI=1S/C13H14BrN/c14-8-2-1-4-11-5-3-6-12-10-15-9-7-13(11)12/h3,5-6,15H,2,7-10H2. The molecule has 1 aromatic rings. The monoisotopic (exact) mass is 263 g/mol. The third kappa shape index (κ3) is 2.62.